The lowest BCUT2D eigenvalue weighted by Gasteiger charge is -2.05. The van der Waals surface area contributed by atoms with E-state index in [-0.39, 0.29) is 0 Å². The average Bonchev–Trinajstić information content (AvgIpc) is 2.92. The smallest absolute Gasteiger partial charge is 0.426 e. The third-order valence-electron chi connectivity index (χ3n) is 2.84. The molecule has 22 heavy (non-hydrogen) atoms. The predicted molar refractivity (Wildman–Crippen MR) is 92.6 cm³/mol. The largest absolute Gasteiger partial charge is 0.452 e. The maximum Gasteiger partial charge on any atom is 0.426 e. The van der Waals surface area contributed by atoms with Crippen molar-refractivity contribution in [2.24, 2.45) is 0 Å². The number of methoxy groups -OCH3 is 1. The highest BCUT2D eigenvalue weighted by Crippen LogP contribution is 2.28. The second-order valence-electron chi connectivity index (χ2n) is 4.29. The van der Waals surface area contributed by atoms with Crippen molar-refractivity contribution >= 4 is 51.5 Å². The number of halogens is 1. The summed E-state index contributed by atoms with van der Waals surface area (Å²) in [7, 11) is 1.32. The van der Waals surface area contributed by atoms with Crippen LogP contribution in [0.25, 0.3) is 11.0 Å². The van der Waals surface area contributed by atoms with E-state index < -0.39 is 6.09 Å². The Balaban J connectivity index is 1.84. The molecule has 8 heteroatoms. The van der Waals surface area contributed by atoms with Crippen molar-refractivity contribution in [2.75, 3.05) is 12.5 Å². The van der Waals surface area contributed by atoms with Gasteiger partial charge in [0.25, 0.3) is 0 Å². The molecule has 1 N–H and O–H groups in total. The Morgan fingerprint density at radius 2 is 2.18 bits per heavy atom. The first-order valence-corrected chi connectivity index (χ1v) is 8.17. The van der Waals surface area contributed by atoms with Crippen LogP contribution >= 0.6 is 34.4 Å². The number of nitrogens with zero attached hydrogens (tertiary/aromatic N) is 3. The van der Waals surface area contributed by atoms with Crippen molar-refractivity contribution in [3.05, 3.63) is 46.4 Å². The van der Waals surface area contributed by atoms with Crippen molar-refractivity contribution in [3.63, 3.8) is 0 Å². The van der Waals surface area contributed by atoms with Gasteiger partial charge in [-0.15, -0.1) is 0 Å². The van der Waals surface area contributed by atoms with Gasteiger partial charge in [-0.1, -0.05) is 11.8 Å². The molecule has 0 aliphatic carbocycles. The normalized spacial score (nSPS) is 10.6. The number of aromatic nitrogens is 3. The Morgan fingerprint density at radius 1 is 1.32 bits per heavy atom. The number of amides is 1. The van der Waals surface area contributed by atoms with Crippen LogP contribution in [-0.4, -0.2) is 27.8 Å². The molecule has 3 rings (SSSR count). The summed E-state index contributed by atoms with van der Waals surface area (Å²) in [5.74, 6) is 0. The van der Waals surface area contributed by atoms with Crippen molar-refractivity contribution < 1.29 is 9.53 Å². The van der Waals surface area contributed by atoms with E-state index in [1.807, 2.05) is 36.5 Å². The monoisotopic (exact) mass is 426 g/mol. The molecule has 0 fully saturated rings. The summed E-state index contributed by atoms with van der Waals surface area (Å²) in [6.45, 7) is 0. The minimum Gasteiger partial charge on any atom is -0.452 e. The Kier molecular flexibility index (Phi) is 4.48. The highest BCUT2D eigenvalue weighted by Gasteiger charge is 2.07. The first kappa shape index (κ1) is 15.1. The van der Waals surface area contributed by atoms with Crippen LogP contribution < -0.4 is 5.43 Å². The molecule has 1 amide bonds. The number of carbonyl (C=O) groups excluding carboxylic acids is 1. The van der Waals surface area contributed by atoms with Crippen LogP contribution in [0.3, 0.4) is 0 Å². The Bertz CT molecular complexity index is 819. The van der Waals surface area contributed by atoms with Crippen LogP contribution in [0.1, 0.15) is 0 Å². The van der Waals surface area contributed by atoms with Crippen LogP contribution in [0.2, 0.25) is 0 Å². The van der Waals surface area contributed by atoms with Gasteiger partial charge in [-0.2, -0.15) is 0 Å². The quantitative estimate of drug-likeness (QED) is 0.650. The minimum absolute atomic E-state index is 0.541. The minimum atomic E-state index is -0.541. The molecule has 0 saturated carbocycles. The molecule has 0 unspecified atom stereocenters. The molecule has 0 aliphatic rings. The fraction of sp³-hybridized carbons (Fsp3) is 0.0714. The molecule has 6 nitrogen and oxygen atoms in total. The van der Waals surface area contributed by atoms with Gasteiger partial charge in [0.15, 0.2) is 0 Å². The van der Waals surface area contributed by atoms with Gasteiger partial charge in [0.1, 0.15) is 11.4 Å². The third kappa shape index (κ3) is 3.33. The average molecular weight is 426 g/mol. The number of rotatable bonds is 3. The molecule has 0 saturated heterocycles. The van der Waals surface area contributed by atoms with Crippen LogP contribution in [0.5, 0.6) is 0 Å². The molecule has 2 aromatic heterocycles. The van der Waals surface area contributed by atoms with Crippen molar-refractivity contribution in [1.82, 2.24) is 14.6 Å². The van der Waals surface area contributed by atoms with Gasteiger partial charge in [0, 0.05) is 14.7 Å². The number of imidazole rings is 1. The predicted octanol–water partition coefficient (Wildman–Crippen LogP) is 3.50. The summed E-state index contributed by atoms with van der Waals surface area (Å²) >= 11 is 3.79. The summed E-state index contributed by atoms with van der Waals surface area (Å²) in [6.07, 6.45) is 2.83. The van der Waals surface area contributed by atoms with E-state index in [0.29, 0.717) is 0 Å². The maximum atomic E-state index is 11.3. The van der Waals surface area contributed by atoms with Crippen LogP contribution in [0.4, 0.5) is 4.79 Å². The van der Waals surface area contributed by atoms with E-state index in [1.165, 1.54) is 11.8 Å². The number of hydrogen-bond donors (Lipinski definition) is 1. The number of carbonyl (C=O) groups is 1. The van der Waals surface area contributed by atoms with Gasteiger partial charge >= 0.3 is 6.09 Å². The second kappa shape index (κ2) is 6.53. The second-order valence-corrected chi connectivity index (χ2v) is 6.62. The van der Waals surface area contributed by atoms with Gasteiger partial charge in [-0.05, 0) is 52.9 Å². The number of hydrogen-bond acceptors (Lipinski definition) is 5. The zero-order valence-corrected chi connectivity index (χ0v) is 14.5. The van der Waals surface area contributed by atoms with Gasteiger partial charge in [0.05, 0.1) is 18.1 Å². The Hall–Kier alpha value is -1.81. The summed E-state index contributed by atoms with van der Waals surface area (Å²) in [5.41, 5.74) is 4.14. The topological polar surface area (TPSA) is 69.0 Å². The van der Waals surface area contributed by atoms with E-state index in [1.54, 1.807) is 18.1 Å². The molecule has 0 atom stereocenters. The molecular weight excluding hydrogens is 415 g/mol. The molecule has 0 bridgehead atoms. The molecular formula is C14H11IN4O2S. The summed E-state index contributed by atoms with van der Waals surface area (Å²) in [5, 5.41) is 0.923. The Labute approximate surface area is 144 Å². The van der Waals surface area contributed by atoms with E-state index in [0.717, 1.165) is 24.5 Å². The van der Waals surface area contributed by atoms with E-state index in [2.05, 4.69) is 42.7 Å². The lowest BCUT2D eigenvalue weighted by Crippen LogP contribution is -2.21. The molecule has 1 aromatic carbocycles. The molecule has 2 heterocycles. The zero-order chi connectivity index (χ0) is 15.5. The van der Waals surface area contributed by atoms with E-state index in [9.17, 15) is 4.79 Å². The lowest BCUT2D eigenvalue weighted by atomic mass is 10.3. The summed E-state index contributed by atoms with van der Waals surface area (Å²) in [4.78, 5) is 20.9. The van der Waals surface area contributed by atoms with Crippen molar-refractivity contribution in [3.8, 4) is 0 Å². The van der Waals surface area contributed by atoms with Crippen LogP contribution in [0, 0.1) is 3.57 Å². The van der Waals surface area contributed by atoms with Gasteiger partial charge in [-0.3, -0.25) is 0 Å². The van der Waals surface area contributed by atoms with Crippen LogP contribution in [-0.2, 0) is 4.74 Å². The maximum absolute atomic E-state index is 11.3. The molecule has 0 aliphatic heterocycles. The molecule has 0 spiro atoms. The highest BCUT2D eigenvalue weighted by molar-refractivity contribution is 14.1. The van der Waals surface area contributed by atoms with Gasteiger partial charge in [0.2, 0.25) is 0 Å². The highest BCUT2D eigenvalue weighted by atomic mass is 127. The van der Waals surface area contributed by atoms with E-state index in [4.69, 9.17) is 0 Å². The first-order valence-electron chi connectivity index (χ1n) is 6.27. The number of pyridine rings is 1. The molecule has 3 aromatic rings. The van der Waals surface area contributed by atoms with Gasteiger partial charge < -0.3 is 4.74 Å². The van der Waals surface area contributed by atoms with Gasteiger partial charge in [-0.25, -0.2) is 24.9 Å². The number of ether oxygens (including phenoxy) is 1. The third-order valence-corrected chi connectivity index (χ3v) is 4.42. The number of fused-ring (bicyclic) bond motifs is 1. The van der Waals surface area contributed by atoms with Crippen molar-refractivity contribution in [2.45, 2.75) is 9.92 Å². The Morgan fingerprint density at radius 3 is 2.91 bits per heavy atom. The molecule has 0 radical (unpaired) electrons. The van der Waals surface area contributed by atoms with Crippen molar-refractivity contribution in [1.29, 1.82) is 0 Å². The summed E-state index contributed by atoms with van der Waals surface area (Å²) < 4.78 is 7.20. The number of benzene rings is 1. The van der Waals surface area contributed by atoms with Crippen LogP contribution in [0.15, 0.2) is 52.8 Å². The SMILES string of the molecule is COC(=O)Nn1cnc2cc(Sc3ccc(I)cn3)ccc21. The fourth-order valence-electron chi connectivity index (χ4n) is 1.83. The summed E-state index contributed by atoms with van der Waals surface area (Å²) in [6, 6.07) is 9.81. The molecule has 112 valence electrons. The standard InChI is InChI=1S/C14H11IN4O2S/c1-21-14(20)18-19-8-17-11-6-10(3-4-12(11)19)22-13-5-2-9(15)7-16-13/h2-8H,1H3,(H,18,20). The number of nitrogens with one attached hydrogen (secondary N) is 1. The zero-order valence-electron chi connectivity index (χ0n) is 11.5. The lowest BCUT2D eigenvalue weighted by molar-refractivity contribution is 0.183. The first-order chi connectivity index (χ1) is 10.7. The fourth-order valence-corrected chi connectivity index (χ4v) is 2.94. The van der Waals surface area contributed by atoms with E-state index >= 15 is 0 Å².